The van der Waals surface area contributed by atoms with Crippen molar-refractivity contribution in [2.24, 2.45) is 0 Å². The average molecular weight is 353 g/mol. The molecule has 0 spiro atoms. The molecule has 4 amide bonds. The summed E-state index contributed by atoms with van der Waals surface area (Å²) in [7, 11) is 0. The van der Waals surface area contributed by atoms with E-state index in [4.69, 9.17) is 4.74 Å². The van der Waals surface area contributed by atoms with Gasteiger partial charge in [0.1, 0.15) is 11.1 Å². The number of imide groups is 1. The van der Waals surface area contributed by atoms with Gasteiger partial charge in [-0.3, -0.25) is 9.69 Å². The Morgan fingerprint density at radius 1 is 1.24 bits per heavy atom. The normalized spacial score (nSPS) is 24.3. The van der Waals surface area contributed by atoms with Gasteiger partial charge in [0.15, 0.2) is 0 Å². The molecule has 142 valence electrons. The Balaban J connectivity index is 2.17. The number of carbonyl (C=O) groups is 3. The molecule has 0 aromatic heterocycles. The van der Waals surface area contributed by atoms with Crippen molar-refractivity contribution in [1.29, 1.82) is 0 Å². The number of nitrogens with zero attached hydrogens (tertiary/aromatic N) is 3. The van der Waals surface area contributed by atoms with Crippen LogP contribution in [0.2, 0.25) is 0 Å². The van der Waals surface area contributed by atoms with Gasteiger partial charge in [-0.25, -0.2) is 9.59 Å². The highest BCUT2D eigenvalue weighted by atomic mass is 16.6. The van der Waals surface area contributed by atoms with E-state index in [2.05, 4.69) is 0 Å². The lowest BCUT2D eigenvalue weighted by Crippen LogP contribution is -2.53. The first-order chi connectivity index (χ1) is 11.4. The number of piperidine rings is 1. The third-order valence-corrected chi connectivity index (χ3v) is 4.69. The fraction of sp³-hybridized carbons (Fsp3) is 0.833. The molecule has 1 atom stereocenters. The molecule has 2 aliphatic rings. The predicted octanol–water partition coefficient (Wildman–Crippen LogP) is 2.84. The van der Waals surface area contributed by atoms with Gasteiger partial charge in [-0.15, -0.1) is 0 Å². The fourth-order valence-electron chi connectivity index (χ4n) is 3.69. The minimum atomic E-state index is -0.862. The van der Waals surface area contributed by atoms with Gasteiger partial charge in [0.25, 0.3) is 5.91 Å². The Morgan fingerprint density at radius 2 is 1.84 bits per heavy atom. The molecular weight excluding hydrogens is 322 g/mol. The van der Waals surface area contributed by atoms with Crippen LogP contribution in [-0.4, -0.2) is 69.0 Å². The van der Waals surface area contributed by atoms with Crippen LogP contribution in [0.4, 0.5) is 9.59 Å². The number of likely N-dealkylation sites (tertiary alicyclic amines) is 1. The van der Waals surface area contributed by atoms with Crippen molar-refractivity contribution < 1.29 is 19.1 Å². The van der Waals surface area contributed by atoms with Crippen LogP contribution in [0.15, 0.2) is 0 Å². The zero-order valence-electron chi connectivity index (χ0n) is 16.5. The van der Waals surface area contributed by atoms with Crippen molar-refractivity contribution in [3.8, 4) is 0 Å². The highest BCUT2D eigenvalue weighted by Crippen LogP contribution is 2.33. The van der Waals surface area contributed by atoms with Gasteiger partial charge < -0.3 is 14.5 Å². The van der Waals surface area contributed by atoms with Crippen LogP contribution in [0.5, 0.6) is 0 Å². The standard InChI is InChI=1S/C18H31N3O4/c1-12(2)21-15(23)20(14(22)18(21,6)7)13-9-8-10-19(11-13)16(24)25-17(3,4)5/h12-13H,8-11H2,1-7H3/t13-/m0/s1. The van der Waals surface area contributed by atoms with Crippen LogP contribution in [0.25, 0.3) is 0 Å². The maximum absolute atomic E-state index is 12.9. The van der Waals surface area contributed by atoms with E-state index in [1.54, 1.807) is 23.6 Å². The summed E-state index contributed by atoms with van der Waals surface area (Å²) >= 11 is 0. The molecule has 25 heavy (non-hydrogen) atoms. The van der Waals surface area contributed by atoms with Gasteiger partial charge in [-0.05, 0) is 61.3 Å². The molecule has 2 heterocycles. The molecular formula is C18H31N3O4. The summed E-state index contributed by atoms with van der Waals surface area (Å²) in [5.74, 6) is -0.192. The second kappa shape index (κ2) is 6.50. The Kier molecular flexibility index (Phi) is 5.08. The molecule has 0 aromatic carbocycles. The second-order valence-electron chi connectivity index (χ2n) is 8.70. The summed E-state index contributed by atoms with van der Waals surface area (Å²) in [5, 5.41) is 0. The van der Waals surface area contributed by atoms with E-state index in [0.29, 0.717) is 19.5 Å². The van der Waals surface area contributed by atoms with Crippen LogP contribution in [0, 0.1) is 0 Å². The minimum absolute atomic E-state index is 0.0676. The Labute approximate surface area is 150 Å². The van der Waals surface area contributed by atoms with E-state index >= 15 is 0 Å². The SMILES string of the molecule is CC(C)N1C(=O)N([C@H]2CCCN(C(=O)OC(C)(C)C)C2)C(=O)C1(C)C. The molecule has 7 nitrogen and oxygen atoms in total. The number of amides is 4. The third kappa shape index (κ3) is 3.75. The molecule has 0 radical (unpaired) electrons. The number of hydrogen-bond acceptors (Lipinski definition) is 4. The lowest BCUT2D eigenvalue weighted by atomic mass is 10.00. The quantitative estimate of drug-likeness (QED) is 0.716. The topological polar surface area (TPSA) is 70.2 Å². The first kappa shape index (κ1) is 19.5. The molecule has 2 rings (SSSR count). The fourth-order valence-corrected chi connectivity index (χ4v) is 3.69. The van der Waals surface area contributed by atoms with Crippen molar-refractivity contribution in [3.63, 3.8) is 0 Å². The summed E-state index contributed by atoms with van der Waals surface area (Å²) in [5.41, 5.74) is -1.43. The Bertz CT molecular complexity index is 565. The van der Waals surface area contributed by atoms with Gasteiger partial charge in [-0.1, -0.05) is 0 Å². The van der Waals surface area contributed by atoms with E-state index in [1.165, 1.54) is 4.90 Å². The van der Waals surface area contributed by atoms with Crippen molar-refractivity contribution in [1.82, 2.24) is 14.7 Å². The van der Waals surface area contributed by atoms with Crippen LogP contribution in [0.1, 0.15) is 61.3 Å². The first-order valence-electron chi connectivity index (χ1n) is 9.01. The van der Waals surface area contributed by atoms with Crippen molar-refractivity contribution in [3.05, 3.63) is 0 Å². The number of rotatable bonds is 2. The molecule has 7 heteroatoms. The summed E-state index contributed by atoms with van der Waals surface area (Å²) in [6, 6.07) is -0.632. The van der Waals surface area contributed by atoms with Gasteiger partial charge >= 0.3 is 12.1 Å². The monoisotopic (exact) mass is 353 g/mol. The Morgan fingerprint density at radius 3 is 2.32 bits per heavy atom. The number of hydrogen-bond donors (Lipinski definition) is 0. The molecule has 0 bridgehead atoms. The third-order valence-electron chi connectivity index (χ3n) is 4.69. The predicted molar refractivity (Wildman–Crippen MR) is 94.1 cm³/mol. The highest BCUT2D eigenvalue weighted by molar-refractivity contribution is 6.07. The lowest BCUT2D eigenvalue weighted by molar-refractivity contribution is -0.134. The van der Waals surface area contributed by atoms with E-state index in [-0.39, 0.29) is 24.0 Å². The molecule has 2 fully saturated rings. The molecule has 2 aliphatic heterocycles. The highest BCUT2D eigenvalue weighted by Gasteiger charge is 2.54. The largest absolute Gasteiger partial charge is 0.444 e. The van der Waals surface area contributed by atoms with Crippen molar-refractivity contribution >= 4 is 18.0 Å². The van der Waals surface area contributed by atoms with Gasteiger partial charge in [0.05, 0.1) is 6.04 Å². The van der Waals surface area contributed by atoms with Crippen LogP contribution in [0.3, 0.4) is 0 Å². The maximum Gasteiger partial charge on any atom is 0.410 e. The molecule has 0 N–H and O–H groups in total. The number of ether oxygens (including phenoxy) is 1. The first-order valence-corrected chi connectivity index (χ1v) is 9.01. The zero-order chi connectivity index (χ0) is 19.2. The number of carbonyl (C=O) groups excluding carboxylic acids is 3. The lowest BCUT2D eigenvalue weighted by Gasteiger charge is -2.37. The summed E-state index contributed by atoms with van der Waals surface area (Å²) < 4.78 is 5.43. The van der Waals surface area contributed by atoms with E-state index < -0.39 is 17.2 Å². The Hall–Kier alpha value is -1.79. The van der Waals surface area contributed by atoms with Crippen LogP contribution < -0.4 is 0 Å². The molecule has 0 aromatic rings. The number of urea groups is 1. The summed E-state index contributed by atoms with van der Waals surface area (Å²) in [6.07, 6.45) is 1.05. The van der Waals surface area contributed by atoms with Gasteiger partial charge in [-0.2, -0.15) is 0 Å². The minimum Gasteiger partial charge on any atom is -0.444 e. The van der Waals surface area contributed by atoms with Gasteiger partial charge in [0, 0.05) is 19.1 Å². The summed E-state index contributed by atoms with van der Waals surface area (Å²) in [4.78, 5) is 42.7. The van der Waals surface area contributed by atoms with Crippen molar-refractivity contribution in [2.75, 3.05) is 13.1 Å². The second-order valence-corrected chi connectivity index (χ2v) is 8.70. The molecule has 0 unspecified atom stereocenters. The van der Waals surface area contributed by atoms with Crippen molar-refractivity contribution in [2.45, 2.75) is 84.5 Å². The molecule has 0 aliphatic carbocycles. The van der Waals surface area contributed by atoms with Crippen LogP contribution in [-0.2, 0) is 9.53 Å². The average Bonchev–Trinajstić information content (AvgIpc) is 2.62. The van der Waals surface area contributed by atoms with E-state index in [0.717, 1.165) is 6.42 Å². The smallest absolute Gasteiger partial charge is 0.410 e. The van der Waals surface area contributed by atoms with Crippen LogP contribution >= 0.6 is 0 Å². The summed E-state index contributed by atoms with van der Waals surface area (Å²) in [6.45, 7) is 13.7. The van der Waals surface area contributed by atoms with Gasteiger partial charge in [0.2, 0.25) is 0 Å². The molecule has 0 saturated carbocycles. The zero-order valence-corrected chi connectivity index (χ0v) is 16.5. The van der Waals surface area contributed by atoms with E-state index in [9.17, 15) is 14.4 Å². The van der Waals surface area contributed by atoms with E-state index in [1.807, 2.05) is 34.6 Å². The maximum atomic E-state index is 12.9. The molecule has 2 saturated heterocycles.